The highest BCUT2D eigenvalue weighted by Crippen LogP contribution is 2.27. The summed E-state index contributed by atoms with van der Waals surface area (Å²) >= 11 is 0. The molecular weight excluding hydrogens is 272 g/mol. The number of carboxylic acid groups (broad SMARTS) is 1. The van der Waals surface area contributed by atoms with Crippen LogP contribution < -0.4 is 10.5 Å². The van der Waals surface area contributed by atoms with Crippen LogP contribution in [0.15, 0.2) is 36.5 Å². The second-order valence-corrected chi connectivity index (χ2v) is 4.41. The van der Waals surface area contributed by atoms with Crippen LogP contribution >= 0.6 is 0 Å². The van der Waals surface area contributed by atoms with Crippen LogP contribution in [0.2, 0.25) is 0 Å². The van der Waals surface area contributed by atoms with Crippen LogP contribution in [-0.4, -0.2) is 32.8 Å². The van der Waals surface area contributed by atoms with Gasteiger partial charge in [0.15, 0.2) is 5.65 Å². The fraction of sp³-hybridized carbons (Fsp3) is 0.0714. The molecule has 2 aromatic heterocycles. The number of nitrogens with two attached hydrogens (primary N) is 1. The number of fused-ring (bicyclic) bond motifs is 1. The first-order chi connectivity index (χ1) is 10.1. The van der Waals surface area contributed by atoms with Crippen LogP contribution in [0, 0.1) is 0 Å². The molecule has 0 radical (unpaired) electrons. The number of nitrogen functional groups attached to an aromatic ring is 1. The fourth-order valence-electron chi connectivity index (χ4n) is 2.12. The normalized spacial score (nSPS) is 10.7. The molecule has 0 bridgehead atoms. The minimum atomic E-state index is -1.03. The minimum absolute atomic E-state index is 0.118. The van der Waals surface area contributed by atoms with E-state index in [0.29, 0.717) is 11.4 Å². The zero-order valence-corrected chi connectivity index (χ0v) is 11.1. The Bertz CT molecular complexity index is 841. The minimum Gasteiger partial charge on any atom is -0.496 e. The van der Waals surface area contributed by atoms with Gasteiger partial charge in [-0.05, 0) is 29.8 Å². The van der Waals surface area contributed by atoms with Crippen LogP contribution in [0.3, 0.4) is 0 Å². The molecule has 7 nitrogen and oxygen atoms in total. The van der Waals surface area contributed by atoms with Crippen molar-refractivity contribution < 1.29 is 14.6 Å². The zero-order chi connectivity index (χ0) is 15.0. The highest BCUT2D eigenvalue weighted by molar-refractivity contribution is 5.92. The van der Waals surface area contributed by atoms with E-state index in [1.165, 1.54) is 13.2 Å². The molecule has 7 heteroatoms. The summed E-state index contributed by atoms with van der Waals surface area (Å²) in [6, 6.07) is 8.55. The second-order valence-electron chi connectivity index (χ2n) is 4.41. The van der Waals surface area contributed by atoms with Crippen molar-refractivity contribution in [2.24, 2.45) is 0 Å². The number of carbonyl (C=O) groups is 1. The van der Waals surface area contributed by atoms with Crippen molar-refractivity contribution in [2.45, 2.75) is 0 Å². The van der Waals surface area contributed by atoms with E-state index in [1.54, 1.807) is 28.9 Å². The Balaban J connectivity index is 2.11. The van der Waals surface area contributed by atoms with Gasteiger partial charge in [-0.15, -0.1) is 5.10 Å². The van der Waals surface area contributed by atoms with Gasteiger partial charge in [0.1, 0.15) is 11.3 Å². The average molecular weight is 284 g/mol. The van der Waals surface area contributed by atoms with Gasteiger partial charge >= 0.3 is 5.97 Å². The summed E-state index contributed by atoms with van der Waals surface area (Å²) in [5, 5.41) is 13.1. The van der Waals surface area contributed by atoms with Gasteiger partial charge in [-0.1, -0.05) is 6.07 Å². The molecule has 3 N–H and O–H groups in total. The predicted octanol–water partition coefficient (Wildman–Crippen LogP) is 1.69. The van der Waals surface area contributed by atoms with Crippen molar-refractivity contribution in [3.63, 3.8) is 0 Å². The molecule has 0 unspecified atom stereocenters. The number of rotatable bonds is 3. The lowest BCUT2D eigenvalue weighted by Gasteiger charge is -2.08. The molecule has 3 rings (SSSR count). The first-order valence-corrected chi connectivity index (χ1v) is 6.12. The van der Waals surface area contributed by atoms with Gasteiger partial charge in [0.25, 0.3) is 0 Å². The van der Waals surface area contributed by atoms with Gasteiger partial charge in [-0.25, -0.2) is 9.31 Å². The molecule has 0 aliphatic heterocycles. The fourth-order valence-corrected chi connectivity index (χ4v) is 2.12. The maximum Gasteiger partial charge on any atom is 0.339 e. The lowest BCUT2D eigenvalue weighted by molar-refractivity contribution is 0.0693. The molecule has 1 aromatic carbocycles. The number of pyridine rings is 1. The smallest absolute Gasteiger partial charge is 0.339 e. The molecule has 0 amide bonds. The Kier molecular flexibility index (Phi) is 2.94. The number of ether oxygens (including phenoxy) is 1. The number of carboxylic acids is 1. The number of anilines is 1. The molecular formula is C14H12N4O3. The van der Waals surface area contributed by atoms with Gasteiger partial charge in [0, 0.05) is 11.8 Å². The molecule has 0 aliphatic carbocycles. The number of nitrogens with zero attached hydrogens (tertiary/aromatic N) is 3. The molecule has 0 fully saturated rings. The summed E-state index contributed by atoms with van der Waals surface area (Å²) in [6.45, 7) is 0. The highest BCUT2D eigenvalue weighted by atomic mass is 16.5. The number of hydrogen-bond acceptors (Lipinski definition) is 5. The van der Waals surface area contributed by atoms with Gasteiger partial charge in [-0.3, -0.25) is 0 Å². The topological polar surface area (TPSA) is 103 Å². The van der Waals surface area contributed by atoms with Crippen molar-refractivity contribution in [3.05, 3.63) is 42.1 Å². The molecule has 3 aromatic rings. The van der Waals surface area contributed by atoms with Gasteiger partial charge in [0.2, 0.25) is 5.95 Å². The van der Waals surface area contributed by atoms with Crippen molar-refractivity contribution in [1.29, 1.82) is 0 Å². The lowest BCUT2D eigenvalue weighted by Crippen LogP contribution is -2.00. The number of benzene rings is 1. The molecule has 2 heterocycles. The van der Waals surface area contributed by atoms with Crippen LogP contribution in [-0.2, 0) is 0 Å². The third-order valence-electron chi connectivity index (χ3n) is 3.11. The van der Waals surface area contributed by atoms with Crippen molar-refractivity contribution in [3.8, 4) is 16.9 Å². The van der Waals surface area contributed by atoms with Crippen LogP contribution in [0.5, 0.6) is 5.75 Å². The third-order valence-corrected chi connectivity index (χ3v) is 3.11. The summed E-state index contributed by atoms with van der Waals surface area (Å²) in [5.41, 5.74) is 7.97. The quantitative estimate of drug-likeness (QED) is 0.758. The summed E-state index contributed by atoms with van der Waals surface area (Å²) in [5.74, 6) is -0.526. The molecule has 0 aliphatic rings. The largest absolute Gasteiger partial charge is 0.496 e. The zero-order valence-electron chi connectivity index (χ0n) is 11.1. The third kappa shape index (κ3) is 2.25. The van der Waals surface area contributed by atoms with Crippen molar-refractivity contribution in [2.75, 3.05) is 12.8 Å². The van der Waals surface area contributed by atoms with E-state index in [9.17, 15) is 4.79 Å². The molecule has 0 atom stereocenters. The first-order valence-electron chi connectivity index (χ1n) is 6.12. The monoisotopic (exact) mass is 284 g/mol. The summed E-state index contributed by atoms with van der Waals surface area (Å²) in [7, 11) is 1.44. The molecule has 21 heavy (non-hydrogen) atoms. The maximum absolute atomic E-state index is 11.1. The van der Waals surface area contributed by atoms with E-state index in [2.05, 4.69) is 10.1 Å². The number of hydrogen-bond donors (Lipinski definition) is 2. The van der Waals surface area contributed by atoms with Gasteiger partial charge in [0.05, 0.1) is 7.11 Å². The highest BCUT2D eigenvalue weighted by Gasteiger charge is 2.12. The number of aromatic nitrogens is 3. The van der Waals surface area contributed by atoms with Crippen molar-refractivity contribution >= 4 is 17.6 Å². The van der Waals surface area contributed by atoms with Gasteiger partial charge < -0.3 is 15.6 Å². The Hall–Kier alpha value is -3.09. The predicted molar refractivity (Wildman–Crippen MR) is 76.3 cm³/mol. The standard InChI is InChI=1S/C14H12N4O3/c1-21-11-6-8(2-4-10(11)13(19)20)9-3-5-12-16-14(15)17-18(12)7-9/h2-7H,1H3,(H2,15,17)(H,19,20). The summed E-state index contributed by atoms with van der Waals surface area (Å²) < 4.78 is 6.70. The molecule has 106 valence electrons. The van der Waals surface area contributed by atoms with Gasteiger partial charge in [-0.2, -0.15) is 4.98 Å². The molecule has 0 saturated carbocycles. The SMILES string of the molecule is COc1cc(-c2ccc3nc(N)nn3c2)ccc1C(=O)O. The lowest BCUT2D eigenvalue weighted by atomic mass is 10.0. The Morgan fingerprint density at radius 2 is 2.05 bits per heavy atom. The summed E-state index contributed by atoms with van der Waals surface area (Å²) in [6.07, 6.45) is 1.77. The maximum atomic E-state index is 11.1. The van der Waals surface area contributed by atoms with Crippen LogP contribution in [0.1, 0.15) is 10.4 Å². The number of aromatic carboxylic acids is 1. The van der Waals surface area contributed by atoms with Crippen molar-refractivity contribution in [1.82, 2.24) is 14.6 Å². The van der Waals surface area contributed by atoms with Crippen LogP contribution in [0.25, 0.3) is 16.8 Å². The van der Waals surface area contributed by atoms with E-state index in [1.807, 2.05) is 6.07 Å². The Morgan fingerprint density at radius 3 is 2.76 bits per heavy atom. The number of methoxy groups -OCH3 is 1. The average Bonchev–Trinajstić information content (AvgIpc) is 2.85. The molecule has 0 saturated heterocycles. The molecule has 0 spiro atoms. The van der Waals surface area contributed by atoms with E-state index in [-0.39, 0.29) is 11.5 Å². The Labute approximate surface area is 119 Å². The van der Waals surface area contributed by atoms with E-state index in [0.717, 1.165) is 11.1 Å². The van der Waals surface area contributed by atoms with E-state index >= 15 is 0 Å². The first kappa shape index (κ1) is 12.9. The Morgan fingerprint density at radius 1 is 1.29 bits per heavy atom. The van der Waals surface area contributed by atoms with Crippen LogP contribution in [0.4, 0.5) is 5.95 Å². The second kappa shape index (κ2) is 4.78. The summed E-state index contributed by atoms with van der Waals surface area (Å²) in [4.78, 5) is 15.1. The van der Waals surface area contributed by atoms with E-state index in [4.69, 9.17) is 15.6 Å². The van der Waals surface area contributed by atoms with E-state index < -0.39 is 5.97 Å².